The maximum Gasteiger partial charge on any atom is 0.0610 e. The Labute approximate surface area is 117 Å². The predicted octanol–water partition coefficient (Wildman–Crippen LogP) is 4.30. The van der Waals surface area contributed by atoms with Crippen LogP contribution >= 0.6 is 11.8 Å². The topological polar surface area (TPSA) is 23.5 Å². The van der Waals surface area contributed by atoms with Crippen molar-refractivity contribution in [3.8, 4) is 11.1 Å². The highest BCUT2D eigenvalue weighted by Gasteiger charge is 2.16. The number of thioether (sulfide) groups is 1. The van der Waals surface area contributed by atoms with Crippen molar-refractivity contribution in [3.05, 3.63) is 71.8 Å². The molecule has 0 radical (unpaired) electrons. The lowest BCUT2D eigenvalue weighted by molar-refractivity contribution is -0.0409. The number of hydroxylamine groups is 2. The van der Waals surface area contributed by atoms with E-state index < -0.39 is 0 Å². The summed E-state index contributed by atoms with van der Waals surface area (Å²) >= 11 is 1.74. The molecule has 1 aliphatic rings. The molecule has 3 heteroatoms. The van der Waals surface area contributed by atoms with Crippen LogP contribution in [0.2, 0.25) is 0 Å². The highest BCUT2D eigenvalue weighted by atomic mass is 32.2. The van der Waals surface area contributed by atoms with Crippen molar-refractivity contribution >= 4 is 11.8 Å². The van der Waals surface area contributed by atoms with Crippen LogP contribution < -0.4 is 0 Å². The molecule has 0 fully saturated rings. The van der Waals surface area contributed by atoms with Crippen molar-refractivity contribution in [2.75, 3.05) is 6.54 Å². The summed E-state index contributed by atoms with van der Waals surface area (Å²) < 4.78 is 0. The van der Waals surface area contributed by atoms with Gasteiger partial charge >= 0.3 is 0 Å². The Bertz CT molecular complexity index is 565. The first-order valence-corrected chi connectivity index (χ1v) is 7.20. The van der Waals surface area contributed by atoms with Gasteiger partial charge in [-0.25, -0.2) is 0 Å². The van der Waals surface area contributed by atoms with Crippen LogP contribution in [0.5, 0.6) is 0 Å². The fourth-order valence-electron chi connectivity index (χ4n) is 2.18. The molecular weight excluding hydrogens is 254 g/mol. The van der Waals surface area contributed by atoms with Gasteiger partial charge in [0, 0.05) is 6.20 Å². The van der Waals surface area contributed by atoms with Gasteiger partial charge in [-0.1, -0.05) is 54.6 Å². The lowest BCUT2D eigenvalue weighted by atomic mass is 10.0. The molecule has 0 amide bonds. The van der Waals surface area contributed by atoms with Crippen LogP contribution in [0.3, 0.4) is 0 Å². The van der Waals surface area contributed by atoms with E-state index in [2.05, 4.69) is 48.5 Å². The van der Waals surface area contributed by atoms with E-state index in [9.17, 15) is 5.21 Å². The Hall–Kier alpha value is -1.71. The molecule has 1 aliphatic heterocycles. The molecule has 1 N–H and O–H groups in total. The second kappa shape index (κ2) is 5.51. The summed E-state index contributed by atoms with van der Waals surface area (Å²) in [4.78, 5) is 0. The quantitative estimate of drug-likeness (QED) is 0.879. The van der Waals surface area contributed by atoms with Crippen molar-refractivity contribution in [1.29, 1.82) is 0 Å². The summed E-state index contributed by atoms with van der Waals surface area (Å²) in [5.74, 6) is 0. The average molecular weight is 269 g/mol. The van der Waals surface area contributed by atoms with Crippen LogP contribution in [-0.4, -0.2) is 16.8 Å². The second-order valence-corrected chi connectivity index (χ2v) is 5.63. The monoisotopic (exact) mass is 269 g/mol. The van der Waals surface area contributed by atoms with Gasteiger partial charge in [0.05, 0.1) is 11.8 Å². The smallest absolute Gasteiger partial charge is 0.0610 e. The van der Waals surface area contributed by atoms with Gasteiger partial charge in [-0.05, 0) is 22.1 Å². The SMILES string of the molecule is ON1C=CSC(c2ccc(-c3ccccc3)cc2)C1. The van der Waals surface area contributed by atoms with Crippen molar-refractivity contribution < 1.29 is 5.21 Å². The van der Waals surface area contributed by atoms with Gasteiger partial charge in [0.25, 0.3) is 0 Å². The first-order valence-electron chi connectivity index (χ1n) is 6.26. The maximum atomic E-state index is 9.51. The van der Waals surface area contributed by atoms with Gasteiger partial charge < -0.3 is 0 Å². The van der Waals surface area contributed by atoms with Crippen LogP contribution in [0.4, 0.5) is 0 Å². The minimum Gasteiger partial charge on any atom is -0.289 e. The number of hydrogen-bond acceptors (Lipinski definition) is 3. The minimum absolute atomic E-state index is 0.292. The van der Waals surface area contributed by atoms with Gasteiger partial charge in [0.2, 0.25) is 0 Å². The summed E-state index contributed by atoms with van der Waals surface area (Å²) in [5, 5.41) is 13.0. The maximum absolute atomic E-state index is 9.51. The summed E-state index contributed by atoms with van der Waals surface area (Å²) in [6.45, 7) is 0.631. The molecule has 2 nitrogen and oxygen atoms in total. The first-order chi connectivity index (χ1) is 9.33. The van der Waals surface area contributed by atoms with Gasteiger partial charge in [-0.3, -0.25) is 10.3 Å². The van der Waals surface area contributed by atoms with Crippen LogP contribution in [0.1, 0.15) is 10.8 Å². The molecular formula is C16H15NOS. The second-order valence-electron chi connectivity index (χ2n) is 4.52. The lowest BCUT2D eigenvalue weighted by Crippen LogP contribution is -2.20. The molecule has 1 unspecified atom stereocenters. The van der Waals surface area contributed by atoms with Crippen molar-refractivity contribution in [2.45, 2.75) is 5.25 Å². The number of hydrogen-bond donors (Lipinski definition) is 1. The molecule has 0 aromatic heterocycles. The summed E-state index contributed by atoms with van der Waals surface area (Å²) in [6.07, 6.45) is 1.69. The van der Waals surface area contributed by atoms with Crippen molar-refractivity contribution in [2.24, 2.45) is 0 Å². The van der Waals surface area contributed by atoms with E-state index in [1.165, 1.54) is 21.8 Å². The molecule has 0 saturated heterocycles. The van der Waals surface area contributed by atoms with E-state index in [1.807, 2.05) is 11.5 Å². The Kier molecular flexibility index (Phi) is 3.58. The number of benzene rings is 2. The van der Waals surface area contributed by atoms with E-state index in [0.717, 1.165) is 0 Å². The standard InChI is InChI=1S/C16H15NOS/c18-17-10-11-19-16(12-17)15-8-6-14(7-9-15)13-4-2-1-3-5-13/h1-11,16,18H,12H2. The summed E-state index contributed by atoms with van der Waals surface area (Å²) in [7, 11) is 0. The fourth-order valence-corrected chi connectivity index (χ4v) is 3.13. The Morgan fingerprint density at radius 2 is 1.63 bits per heavy atom. The third-order valence-electron chi connectivity index (χ3n) is 3.22. The summed E-state index contributed by atoms with van der Waals surface area (Å²) in [6, 6.07) is 18.9. The highest BCUT2D eigenvalue weighted by molar-refractivity contribution is 8.02. The van der Waals surface area contributed by atoms with E-state index in [0.29, 0.717) is 11.8 Å². The predicted molar refractivity (Wildman–Crippen MR) is 79.8 cm³/mol. The first kappa shape index (κ1) is 12.3. The summed E-state index contributed by atoms with van der Waals surface area (Å²) in [5.41, 5.74) is 3.70. The van der Waals surface area contributed by atoms with E-state index in [-0.39, 0.29) is 0 Å². The van der Waals surface area contributed by atoms with Gasteiger partial charge in [0.15, 0.2) is 0 Å². The third-order valence-corrected chi connectivity index (χ3v) is 4.25. The highest BCUT2D eigenvalue weighted by Crippen LogP contribution is 2.34. The number of rotatable bonds is 2. The largest absolute Gasteiger partial charge is 0.289 e. The minimum atomic E-state index is 0.292. The van der Waals surface area contributed by atoms with Crippen LogP contribution in [0, 0.1) is 0 Å². The third kappa shape index (κ3) is 2.83. The fraction of sp³-hybridized carbons (Fsp3) is 0.125. The van der Waals surface area contributed by atoms with Crippen LogP contribution in [-0.2, 0) is 0 Å². The molecule has 1 heterocycles. The van der Waals surface area contributed by atoms with Gasteiger partial charge in [-0.2, -0.15) is 0 Å². The lowest BCUT2D eigenvalue weighted by Gasteiger charge is -2.24. The van der Waals surface area contributed by atoms with Crippen molar-refractivity contribution in [3.63, 3.8) is 0 Å². The molecule has 1 atom stereocenters. The van der Waals surface area contributed by atoms with Crippen LogP contribution in [0.25, 0.3) is 11.1 Å². The molecule has 19 heavy (non-hydrogen) atoms. The van der Waals surface area contributed by atoms with Crippen LogP contribution in [0.15, 0.2) is 66.2 Å². The molecule has 2 aromatic rings. The molecule has 2 aromatic carbocycles. The zero-order chi connectivity index (χ0) is 13.1. The van der Waals surface area contributed by atoms with E-state index in [4.69, 9.17) is 0 Å². The molecule has 96 valence electrons. The van der Waals surface area contributed by atoms with E-state index >= 15 is 0 Å². The van der Waals surface area contributed by atoms with Crippen molar-refractivity contribution in [1.82, 2.24) is 5.06 Å². The molecule has 0 aliphatic carbocycles. The Morgan fingerprint density at radius 1 is 0.947 bits per heavy atom. The normalized spacial score (nSPS) is 18.6. The number of nitrogens with zero attached hydrogens (tertiary/aromatic N) is 1. The molecule has 0 saturated carbocycles. The zero-order valence-electron chi connectivity index (χ0n) is 10.4. The van der Waals surface area contributed by atoms with Gasteiger partial charge in [0.1, 0.15) is 0 Å². The Balaban J connectivity index is 1.81. The average Bonchev–Trinajstić information content (AvgIpc) is 2.48. The van der Waals surface area contributed by atoms with Gasteiger partial charge in [-0.15, -0.1) is 11.8 Å². The molecule has 0 bridgehead atoms. The van der Waals surface area contributed by atoms with E-state index in [1.54, 1.807) is 18.0 Å². The Morgan fingerprint density at radius 3 is 2.32 bits per heavy atom. The zero-order valence-corrected chi connectivity index (χ0v) is 11.3. The molecule has 3 rings (SSSR count). The molecule has 0 spiro atoms.